The fraction of sp³-hybridized carbons (Fsp3) is 0.600. The monoisotopic (exact) mass is 377 g/mol. The molecule has 7 heteroatoms. The number of nitrogens with one attached hydrogen (secondary N) is 1. The van der Waals surface area contributed by atoms with Crippen molar-refractivity contribution in [3.63, 3.8) is 0 Å². The Morgan fingerprint density at radius 2 is 2.04 bits per heavy atom. The van der Waals surface area contributed by atoms with E-state index < -0.39 is 24.5 Å². The molecule has 0 unspecified atom stereocenters. The number of aliphatic hydroxyl groups is 1. The highest BCUT2D eigenvalue weighted by atomic mass is 16.7. The van der Waals surface area contributed by atoms with Gasteiger partial charge in [-0.1, -0.05) is 30.3 Å². The van der Waals surface area contributed by atoms with Gasteiger partial charge in [-0.25, -0.2) is 0 Å². The van der Waals surface area contributed by atoms with Gasteiger partial charge in [-0.3, -0.25) is 9.59 Å². The van der Waals surface area contributed by atoms with E-state index in [0.717, 1.165) is 5.56 Å². The van der Waals surface area contributed by atoms with Crippen LogP contribution in [0.2, 0.25) is 0 Å². The van der Waals surface area contributed by atoms with Crippen LogP contribution in [0.5, 0.6) is 0 Å². The van der Waals surface area contributed by atoms with Gasteiger partial charge in [0.1, 0.15) is 6.10 Å². The third kappa shape index (κ3) is 4.66. The number of hydrogen-bond acceptors (Lipinski definition) is 6. The average Bonchev–Trinajstić information content (AvgIpc) is 2.65. The molecule has 2 fully saturated rings. The second-order valence-corrected chi connectivity index (χ2v) is 7.16. The summed E-state index contributed by atoms with van der Waals surface area (Å²) in [6.07, 6.45) is -1.21. The Hall–Kier alpha value is -1.96. The van der Waals surface area contributed by atoms with Gasteiger partial charge in [0.05, 0.1) is 31.8 Å². The van der Waals surface area contributed by atoms with E-state index in [9.17, 15) is 14.7 Å². The van der Waals surface area contributed by atoms with Crippen molar-refractivity contribution in [1.82, 2.24) is 5.32 Å². The first-order valence-corrected chi connectivity index (χ1v) is 9.42. The summed E-state index contributed by atoms with van der Waals surface area (Å²) in [5, 5.41) is 13.7. The lowest BCUT2D eigenvalue weighted by atomic mass is 9.72. The summed E-state index contributed by atoms with van der Waals surface area (Å²) in [5.41, 5.74) is 0.882. The van der Waals surface area contributed by atoms with Crippen LogP contribution >= 0.6 is 0 Å². The summed E-state index contributed by atoms with van der Waals surface area (Å²) >= 11 is 0. The molecule has 7 nitrogen and oxygen atoms in total. The van der Waals surface area contributed by atoms with Gasteiger partial charge >= 0.3 is 5.97 Å². The maximum Gasteiger partial charge on any atom is 0.306 e. The lowest BCUT2D eigenvalue weighted by molar-refractivity contribution is -0.277. The Labute approximate surface area is 159 Å². The standard InChI is InChI=1S/C20H27NO6/c1-3-25-16(23)10-14-9-15-11-26-20(13-7-5-4-6-8-13)27-19(15)18(24)17(14)21-12(2)22/h4-8,14-15,17-20,24H,3,9-11H2,1-2H3,(H,21,22)/t14-,15+,17-,18+,19+,20+/m0/s1. The van der Waals surface area contributed by atoms with E-state index in [-0.39, 0.29) is 30.1 Å². The maximum atomic E-state index is 12.0. The summed E-state index contributed by atoms with van der Waals surface area (Å²) in [5.74, 6) is -0.865. The van der Waals surface area contributed by atoms with Crippen LogP contribution in [0.1, 0.15) is 38.5 Å². The van der Waals surface area contributed by atoms with Gasteiger partial charge in [0.2, 0.25) is 5.91 Å². The molecular formula is C20H27NO6. The van der Waals surface area contributed by atoms with Crippen molar-refractivity contribution in [2.75, 3.05) is 13.2 Å². The summed E-state index contributed by atoms with van der Waals surface area (Å²) in [6.45, 7) is 3.88. The van der Waals surface area contributed by atoms with Crippen molar-refractivity contribution in [3.05, 3.63) is 35.9 Å². The number of amides is 1. The van der Waals surface area contributed by atoms with Gasteiger partial charge in [0, 0.05) is 18.4 Å². The Balaban J connectivity index is 1.75. The van der Waals surface area contributed by atoms with Crippen LogP contribution in [-0.2, 0) is 23.8 Å². The number of esters is 1. The fourth-order valence-corrected chi connectivity index (χ4v) is 4.05. The zero-order valence-corrected chi connectivity index (χ0v) is 15.7. The molecule has 1 aromatic rings. The number of carbonyl (C=O) groups is 2. The molecule has 1 aliphatic carbocycles. The van der Waals surface area contributed by atoms with Crippen molar-refractivity contribution in [3.8, 4) is 0 Å². The van der Waals surface area contributed by atoms with Gasteiger partial charge < -0.3 is 24.6 Å². The predicted molar refractivity (Wildman–Crippen MR) is 96.5 cm³/mol. The Morgan fingerprint density at radius 3 is 2.70 bits per heavy atom. The molecule has 0 aromatic heterocycles. The van der Waals surface area contributed by atoms with Crippen molar-refractivity contribution in [1.29, 1.82) is 0 Å². The van der Waals surface area contributed by atoms with E-state index >= 15 is 0 Å². The van der Waals surface area contributed by atoms with Gasteiger partial charge in [0.25, 0.3) is 0 Å². The molecule has 148 valence electrons. The van der Waals surface area contributed by atoms with E-state index in [1.54, 1.807) is 6.92 Å². The second kappa shape index (κ2) is 8.82. The normalized spacial score (nSPS) is 33.0. The number of hydrogen-bond donors (Lipinski definition) is 2. The van der Waals surface area contributed by atoms with Crippen LogP contribution in [-0.4, -0.2) is 48.4 Å². The topological polar surface area (TPSA) is 94.1 Å². The molecular weight excluding hydrogens is 350 g/mol. The Kier molecular flexibility index (Phi) is 6.46. The maximum absolute atomic E-state index is 12.0. The first kappa shape index (κ1) is 19.8. The summed E-state index contributed by atoms with van der Waals surface area (Å²) in [7, 11) is 0. The van der Waals surface area contributed by atoms with Gasteiger partial charge in [-0.2, -0.15) is 0 Å². The molecule has 2 N–H and O–H groups in total. The largest absolute Gasteiger partial charge is 0.466 e. The first-order chi connectivity index (χ1) is 13.0. The number of rotatable bonds is 5. The lowest BCUT2D eigenvalue weighted by Crippen LogP contribution is -2.61. The number of fused-ring (bicyclic) bond motifs is 1. The first-order valence-electron chi connectivity index (χ1n) is 9.42. The zero-order valence-electron chi connectivity index (χ0n) is 15.7. The third-order valence-electron chi connectivity index (χ3n) is 5.20. The molecule has 2 aliphatic rings. The minimum Gasteiger partial charge on any atom is -0.466 e. The fourth-order valence-electron chi connectivity index (χ4n) is 4.05. The smallest absolute Gasteiger partial charge is 0.306 e. The lowest BCUT2D eigenvalue weighted by Gasteiger charge is -2.48. The van der Waals surface area contributed by atoms with Gasteiger partial charge in [-0.05, 0) is 19.3 Å². The highest BCUT2D eigenvalue weighted by Gasteiger charge is 2.48. The SMILES string of the molecule is CCOC(=O)C[C@@H]1C[C@@H]2CO[C@@H](c3ccccc3)O[C@H]2[C@H](O)[C@H]1NC(C)=O. The minimum atomic E-state index is -0.929. The van der Waals surface area contributed by atoms with E-state index in [0.29, 0.717) is 19.6 Å². The van der Waals surface area contributed by atoms with Crippen molar-refractivity contribution in [2.45, 2.75) is 51.2 Å². The summed E-state index contributed by atoms with van der Waals surface area (Å²) in [6, 6.07) is 8.98. The molecule has 1 aromatic carbocycles. The molecule has 27 heavy (non-hydrogen) atoms. The van der Waals surface area contributed by atoms with Crippen molar-refractivity contribution in [2.24, 2.45) is 11.8 Å². The third-order valence-corrected chi connectivity index (χ3v) is 5.20. The molecule has 1 amide bonds. The van der Waals surface area contributed by atoms with E-state index in [4.69, 9.17) is 14.2 Å². The van der Waals surface area contributed by atoms with Crippen LogP contribution in [0.4, 0.5) is 0 Å². The molecule has 3 rings (SSSR count). The molecule has 0 spiro atoms. The van der Waals surface area contributed by atoms with Crippen LogP contribution in [0, 0.1) is 11.8 Å². The molecule has 0 bridgehead atoms. The number of benzene rings is 1. The summed E-state index contributed by atoms with van der Waals surface area (Å²) in [4.78, 5) is 23.6. The highest BCUT2D eigenvalue weighted by molar-refractivity contribution is 5.74. The Bertz CT molecular complexity index is 651. The number of aliphatic hydroxyl groups excluding tert-OH is 1. The molecule has 1 saturated heterocycles. The number of ether oxygens (including phenoxy) is 3. The molecule has 6 atom stereocenters. The average molecular weight is 377 g/mol. The van der Waals surface area contributed by atoms with E-state index in [2.05, 4.69) is 5.32 Å². The van der Waals surface area contributed by atoms with Gasteiger partial charge in [0.15, 0.2) is 6.29 Å². The molecule has 1 heterocycles. The van der Waals surface area contributed by atoms with Crippen LogP contribution < -0.4 is 5.32 Å². The molecule has 1 saturated carbocycles. The highest BCUT2D eigenvalue weighted by Crippen LogP contribution is 2.40. The van der Waals surface area contributed by atoms with Crippen LogP contribution in [0.15, 0.2) is 30.3 Å². The quantitative estimate of drug-likeness (QED) is 0.757. The van der Waals surface area contributed by atoms with E-state index in [1.807, 2.05) is 30.3 Å². The Morgan fingerprint density at radius 1 is 1.30 bits per heavy atom. The second-order valence-electron chi connectivity index (χ2n) is 7.16. The number of carbonyl (C=O) groups excluding carboxylic acids is 2. The van der Waals surface area contributed by atoms with E-state index in [1.165, 1.54) is 6.92 Å². The van der Waals surface area contributed by atoms with Crippen LogP contribution in [0.25, 0.3) is 0 Å². The molecule has 1 aliphatic heterocycles. The van der Waals surface area contributed by atoms with Crippen molar-refractivity contribution < 1.29 is 28.9 Å². The van der Waals surface area contributed by atoms with Crippen molar-refractivity contribution >= 4 is 11.9 Å². The zero-order chi connectivity index (χ0) is 19.4. The minimum absolute atomic E-state index is 0.0515. The summed E-state index contributed by atoms with van der Waals surface area (Å²) < 4.78 is 17.0. The van der Waals surface area contributed by atoms with Crippen LogP contribution in [0.3, 0.4) is 0 Å². The molecule has 0 radical (unpaired) electrons. The van der Waals surface area contributed by atoms with Gasteiger partial charge in [-0.15, -0.1) is 0 Å². The predicted octanol–water partition coefficient (Wildman–Crippen LogP) is 1.56.